The van der Waals surface area contributed by atoms with E-state index in [1.165, 1.54) is 0 Å². The Morgan fingerprint density at radius 1 is 1.33 bits per heavy atom. The van der Waals surface area contributed by atoms with Crippen LogP contribution < -0.4 is 9.47 Å². The van der Waals surface area contributed by atoms with Gasteiger partial charge < -0.3 is 14.6 Å². The maximum absolute atomic E-state index is 11.9. The van der Waals surface area contributed by atoms with Gasteiger partial charge in [-0.05, 0) is 72.1 Å². The van der Waals surface area contributed by atoms with Gasteiger partial charge >= 0.3 is 5.97 Å². The number of piperidine rings is 1. The van der Waals surface area contributed by atoms with Crippen LogP contribution in [0.1, 0.15) is 42.7 Å². The molecule has 0 amide bonds. The van der Waals surface area contributed by atoms with Crippen molar-refractivity contribution < 1.29 is 19.4 Å². The maximum Gasteiger partial charge on any atom is 0.320 e. The van der Waals surface area contributed by atoms with Crippen LogP contribution in [-0.2, 0) is 4.79 Å². The number of aliphatic carboxylic acids is 1. The quantitative estimate of drug-likeness (QED) is 0.642. The number of nitrogens with zero attached hydrogens (tertiary/aromatic N) is 1. The van der Waals surface area contributed by atoms with Crippen LogP contribution >= 0.6 is 27.3 Å². The molecule has 1 fully saturated rings. The van der Waals surface area contributed by atoms with Crippen molar-refractivity contribution in [3.63, 3.8) is 0 Å². The van der Waals surface area contributed by atoms with Crippen LogP contribution in [0.5, 0.6) is 11.5 Å². The Labute approximate surface area is 172 Å². The monoisotopic (exact) mass is 453 g/mol. The van der Waals surface area contributed by atoms with Crippen LogP contribution in [0.4, 0.5) is 0 Å². The van der Waals surface area contributed by atoms with Crippen molar-refractivity contribution in [1.29, 1.82) is 0 Å². The largest absolute Gasteiger partial charge is 0.493 e. The zero-order chi connectivity index (χ0) is 19.4. The normalized spacial score (nSPS) is 18.9. The number of carboxylic acids is 1. The van der Waals surface area contributed by atoms with Gasteiger partial charge in [-0.25, -0.2) is 0 Å². The highest BCUT2D eigenvalue weighted by Gasteiger charge is 2.36. The summed E-state index contributed by atoms with van der Waals surface area (Å²) in [6.45, 7) is 3.23. The molecule has 0 radical (unpaired) electrons. The molecule has 7 heteroatoms. The summed E-state index contributed by atoms with van der Waals surface area (Å²) >= 11 is 5.18. The Morgan fingerprint density at radius 2 is 2.15 bits per heavy atom. The fraction of sp³-hybridized carbons (Fsp3) is 0.450. The molecule has 1 N–H and O–H groups in total. The molecule has 1 aromatic carbocycles. The molecule has 2 aromatic rings. The molecule has 2 heterocycles. The standard InChI is InChI=1S/C20H24BrNO4S/c1-3-26-16-12-13(7-8-15(16)25-2)19(17-9-10-18(21)27-17)22-11-5-4-6-14(22)20(23)24/h7-10,12,14,19H,3-6,11H2,1-2H3,(H,23,24). The van der Waals surface area contributed by atoms with Gasteiger partial charge in [-0.15, -0.1) is 11.3 Å². The molecule has 1 aromatic heterocycles. The predicted octanol–water partition coefficient (Wildman–Crippen LogP) is 4.95. The van der Waals surface area contributed by atoms with Crippen LogP contribution in [0, 0.1) is 0 Å². The van der Waals surface area contributed by atoms with Gasteiger partial charge in [0.1, 0.15) is 6.04 Å². The van der Waals surface area contributed by atoms with E-state index in [1.54, 1.807) is 18.4 Å². The number of rotatable bonds is 7. The highest BCUT2D eigenvalue weighted by atomic mass is 79.9. The van der Waals surface area contributed by atoms with E-state index in [9.17, 15) is 9.90 Å². The molecule has 1 aliphatic rings. The number of thiophene rings is 1. The van der Waals surface area contributed by atoms with Crippen LogP contribution in [0.25, 0.3) is 0 Å². The second-order valence-corrected chi connectivity index (χ2v) is 8.97. The molecule has 1 aliphatic heterocycles. The van der Waals surface area contributed by atoms with Gasteiger partial charge in [-0.3, -0.25) is 9.69 Å². The Bertz CT molecular complexity index is 794. The molecule has 3 rings (SSSR count). The first-order valence-corrected chi connectivity index (χ1v) is 10.7. The topological polar surface area (TPSA) is 59.0 Å². The van der Waals surface area contributed by atoms with Gasteiger partial charge in [0, 0.05) is 4.88 Å². The minimum atomic E-state index is -0.756. The lowest BCUT2D eigenvalue weighted by Crippen LogP contribution is -2.46. The number of carboxylic acid groups (broad SMARTS) is 1. The molecule has 146 valence electrons. The molecule has 0 aliphatic carbocycles. The number of methoxy groups -OCH3 is 1. The minimum absolute atomic E-state index is 0.132. The summed E-state index contributed by atoms with van der Waals surface area (Å²) in [7, 11) is 1.62. The number of hydrogen-bond acceptors (Lipinski definition) is 5. The van der Waals surface area contributed by atoms with Crippen molar-refractivity contribution in [2.24, 2.45) is 0 Å². The number of likely N-dealkylation sites (tertiary alicyclic amines) is 1. The second kappa shape index (κ2) is 9.08. The average Bonchev–Trinajstić information content (AvgIpc) is 3.08. The van der Waals surface area contributed by atoms with E-state index in [0.717, 1.165) is 33.6 Å². The van der Waals surface area contributed by atoms with Crippen molar-refractivity contribution in [3.8, 4) is 11.5 Å². The zero-order valence-electron chi connectivity index (χ0n) is 15.5. The molecule has 5 nitrogen and oxygen atoms in total. The zero-order valence-corrected chi connectivity index (χ0v) is 17.9. The molecule has 0 bridgehead atoms. The molecule has 0 saturated carbocycles. The Morgan fingerprint density at radius 3 is 2.78 bits per heavy atom. The van der Waals surface area contributed by atoms with Gasteiger partial charge in [-0.2, -0.15) is 0 Å². The van der Waals surface area contributed by atoms with Gasteiger partial charge in [0.2, 0.25) is 0 Å². The minimum Gasteiger partial charge on any atom is -0.493 e. The summed E-state index contributed by atoms with van der Waals surface area (Å²) in [4.78, 5) is 15.1. The molecule has 1 saturated heterocycles. The average molecular weight is 454 g/mol. The van der Waals surface area contributed by atoms with Crippen molar-refractivity contribution in [1.82, 2.24) is 4.90 Å². The van der Waals surface area contributed by atoms with Crippen molar-refractivity contribution in [3.05, 3.63) is 44.6 Å². The molecule has 27 heavy (non-hydrogen) atoms. The van der Waals surface area contributed by atoms with Crippen molar-refractivity contribution in [2.75, 3.05) is 20.3 Å². The lowest BCUT2D eigenvalue weighted by atomic mass is 9.95. The van der Waals surface area contributed by atoms with E-state index in [1.807, 2.05) is 31.2 Å². The molecular formula is C20H24BrNO4S. The third-order valence-corrected chi connectivity index (χ3v) is 6.50. The molecule has 2 atom stereocenters. The number of halogens is 1. The predicted molar refractivity (Wildman–Crippen MR) is 110 cm³/mol. The van der Waals surface area contributed by atoms with E-state index in [-0.39, 0.29) is 6.04 Å². The number of carbonyl (C=O) groups is 1. The lowest BCUT2D eigenvalue weighted by molar-refractivity contribution is -0.145. The number of benzene rings is 1. The SMILES string of the molecule is CCOc1cc(C(c2ccc(Br)s2)N2CCCCC2C(=O)O)ccc1OC. The first-order valence-electron chi connectivity index (χ1n) is 9.09. The van der Waals surface area contributed by atoms with E-state index < -0.39 is 12.0 Å². The summed E-state index contributed by atoms with van der Waals surface area (Å²) in [6, 6.07) is 9.35. The van der Waals surface area contributed by atoms with Gasteiger partial charge in [0.15, 0.2) is 11.5 Å². The fourth-order valence-electron chi connectivity index (χ4n) is 3.65. The van der Waals surface area contributed by atoms with E-state index in [0.29, 0.717) is 24.5 Å². The third kappa shape index (κ3) is 4.47. The first-order chi connectivity index (χ1) is 13.0. The smallest absolute Gasteiger partial charge is 0.320 e. The fourth-order valence-corrected chi connectivity index (χ4v) is 5.23. The highest BCUT2D eigenvalue weighted by molar-refractivity contribution is 9.11. The molecule has 0 spiro atoms. The van der Waals surface area contributed by atoms with Crippen LogP contribution in [0.2, 0.25) is 0 Å². The summed E-state index contributed by atoms with van der Waals surface area (Å²) in [5, 5.41) is 9.79. The maximum atomic E-state index is 11.9. The number of hydrogen-bond donors (Lipinski definition) is 1. The van der Waals surface area contributed by atoms with Gasteiger partial charge in [-0.1, -0.05) is 12.5 Å². The Kier molecular flexibility index (Phi) is 6.78. The van der Waals surface area contributed by atoms with Crippen LogP contribution in [0.3, 0.4) is 0 Å². The van der Waals surface area contributed by atoms with Crippen LogP contribution in [-0.4, -0.2) is 42.3 Å². The molecule has 2 unspecified atom stereocenters. The summed E-state index contributed by atoms with van der Waals surface area (Å²) < 4.78 is 12.2. The molecular weight excluding hydrogens is 430 g/mol. The Hall–Kier alpha value is -1.57. The summed E-state index contributed by atoms with van der Waals surface area (Å²) in [6.07, 6.45) is 2.62. The van der Waals surface area contributed by atoms with Crippen molar-refractivity contribution >= 4 is 33.2 Å². The highest BCUT2D eigenvalue weighted by Crippen LogP contribution is 2.41. The lowest BCUT2D eigenvalue weighted by Gasteiger charge is -2.39. The number of ether oxygens (including phenoxy) is 2. The Balaban J connectivity index is 2.07. The summed E-state index contributed by atoms with van der Waals surface area (Å²) in [5.41, 5.74) is 1.02. The van der Waals surface area contributed by atoms with Crippen molar-refractivity contribution in [2.45, 2.75) is 38.3 Å². The second-order valence-electron chi connectivity index (χ2n) is 6.48. The first kappa shape index (κ1) is 20.2. The van der Waals surface area contributed by atoms with E-state index in [2.05, 4.69) is 26.9 Å². The third-order valence-electron chi connectivity index (χ3n) is 4.83. The van der Waals surface area contributed by atoms with E-state index in [4.69, 9.17) is 9.47 Å². The van der Waals surface area contributed by atoms with Gasteiger partial charge in [0.05, 0.1) is 23.5 Å². The van der Waals surface area contributed by atoms with Crippen LogP contribution in [0.15, 0.2) is 34.1 Å². The van der Waals surface area contributed by atoms with Gasteiger partial charge in [0.25, 0.3) is 0 Å². The summed E-state index contributed by atoms with van der Waals surface area (Å²) in [5.74, 6) is 0.607. The van der Waals surface area contributed by atoms with E-state index >= 15 is 0 Å².